The van der Waals surface area contributed by atoms with Gasteiger partial charge in [0.15, 0.2) is 5.96 Å². The fourth-order valence-corrected chi connectivity index (χ4v) is 2.82. The number of aliphatic imine (C=N–C) groups is 1. The van der Waals surface area contributed by atoms with Crippen molar-refractivity contribution < 1.29 is 0 Å². The molecule has 0 radical (unpaired) electrons. The molecule has 6 heteroatoms. The molecule has 0 amide bonds. The highest BCUT2D eigenvalue weighted by molar-refractivity contribution is 6.30. The smallest absolute Gasteiger partial charge is 0.191 e. The normalized spacial score (nSPS) is 11.4. The van der Waals surface area contributed by atoms with Crippen molar-refractivity contribution in [1.82, 2.24) is 20.2 Å². The number of para-hydroxylation sites is 1. The molecule has 0 aliphatic heterocycles. The van der Waals surface area contributed by atoms with Crippen LogP contribution < -0.4 is 10.6 Å². The standard InChI is InChI=1S/C20H22ClN5/c1-22-20(24-11-10-16-6-8-18(21)9-7-16)25-14-17-4-2-3-5-19(17)26-13-12-23-15-26/h2-9,12-13,15H,10-11,14H2,1H3,(H2,22,24,25). The summed E-state index contributed by atoms with van der Waals surface area (Å²) in [6.45, 7) is 1.47. The molecular formula is C20H22ClN5. The van der Waals surface area contributed by atoms with Crippen molar-refractivity contribution in [3.8, 4) is 5.69 Å². The Morgan fingerprint density at radius 2 is 1.92 bits per heavy atom. The third-order valence-corrected chi connectivity index (χ3v) is 4.32. The topological polar surface area (TPSA) is 54.2 Å². The van der Waals surface area contributed by atoms with Crippen LogP contribution in [0.5, 0.6) is 0 Å². The molecule has 0 atom stereocenters. The Labute approximate surface area is 158 Å². The summed E-state index contributed by atoms with van der Waals surface area (Å²) >= 11 is 5.92. The summed E-state index contributed by atoms with van der Waals surface area (Å²) in [6.07, 6.45) is 6.43. The molecule has 0 aliphatic carbocycles. The molecule has 0 fully saturated rings. The first-order chi connectivity index (χ1) is 12.8. The van der Waals surface area contributed by atoms with Crippen LogP contribution in [0.25, 0.3) is 5.69 Å². The summed E-state index contributed by atoms with van der Waals surface area (Å²) in [5.74, 6) is 0.777. The molecule has 1 aromatic heterocycles. The Hall–Kier alpha value is -2.79. The number of benzene rings is 2. The van der Waals surface area contributed by atoms with E-state index in [1.165, 1.54) is 11.1 Å². The third-order valence-electron chi connectivity index (χ3n) is 4.06. The van der Waals surface area contributed by atoms with E-state index in [1.807, 2.05) is 47.2 Å². The maximum absolute atomic E-state index is 5.92. The summed E-state index contributed by atoms with van der Waals surface area (Å²) in [7, 11) is 1.78. The molecule has 2 N–H and O–H groups in total. The van der Waals surface area contributed by atoms with Crippen LogP contribution in [-0.4, -0.2) is 29.1 Å². The van der Waals surface area contributed by atoms with Gasteiger partial charge in [0.2, 0.25) is 0 Å². The van der Waals surface area contributed by atoms with E-state index in [2.05, 4.69) is 32.7 Å². The molecule has 0 unspecified atom stereocenters. The molecule has 0 aliphatic rings. The lowest BCUT2D eigenvalue weighted by molar-refractivity contribution is 0.791. The van der Waals surface area contributed by atoms with Crippen molar-refractivity contribution in [1.29, 1.82) is 0 Å². The molecule has 0 bridgehead atoms. The number of rotatable bonds is 6. The van der Waals surface area contributed by atoms with E-state index in [0.717, 1.165) is 29.6 Å². The Kier molecular flexibility index (Phi) is 6.28. The summed E-state index contributed by atoms with van der Waals surface area (Å²) in [6, 6.07) is 16.2. The monoisotopic (exact) mass is 367 g/mol. The van der Waals surface area contributed by atoms with Crippen molar-refractivity contribution in [2.75, 3.05) is 13.6 Å². The number of halogens is 1. The van der Waals surface area contributed by atoms with E-state index in [9.17, 15) is 0 Å². The van der Waals surface area contributed by atoms with Gasteiger partial charge < -0.3 is 15.2 Å². The molecular weight excluding hydrogens is 346 g/mol. The van der Waals surface area contributed by atoms with Gasteiger partial charge in [-0.2, -0.15) is 0 Å². The second-order valence-electron chi connectivity index (χ2n) is 5.83. The van der Waals surface area contributed by atoms with Crippen molar-refractivity contribution in [3.05, 3.63) is 83.4 Å². The number of aromatic nitrogens is 2. The highest BCUT2D eigenvalue weighted by Gasteiger charge is 2.05. The first-order valence-electron chi connectivity index (χ1n) is 8.51. The van der Waals surface area contributed by atoms with E-state index < -0.39 is 0 Å². The van der Waals surface area contributed by atoms with Crippen LogP contribution in [0.3, 0.4) is 0 Å². The molecule has 3 rings (SSSR count). The van der Waals surface area contributed by atoms with Crippen LogP contribution in [0.1, 0.15) is 11.1 Å². The SMILES string of the molecule is CN=C(NCCc1ccc(Cl)cc1)NCc1ccccc1-n1ccnc1. The van der Waals surface area contributed by atoms with Gasteiger partial charge in [-0.05, 0) is 35.7 Å². The van der Waals surface area contributed by atoms with Gasteiger partial charge in [0.25, 0.3) is 0 Å². The summed E-state index contributed by atoms with van der Waals surface area (Å²) < 4.78 is 2.01. The van der Waals surface area contributed by atoms with Crippen LogP contribution >= 0.6 is 11.6 Å². The molecule has 0 spiro atoms. The molecule has 26 heavy (non-hydrogen) atoms. The van der Waals surface area contributed by atoms with Crippen LogP contribution in [0.4, 0.5) is 0 Å². The van der Waals surface area contributed by atoms with Crippen LogP contribution in [0, 0.1) is 0 Å². The Morgan fingerprint density at radius 3 is 2.65 bits per heavy atom. The number of nitrogens with zero attached hydrogens (tertiary/aromatic N) is 3. The zero-order chi connectivity index (χ0) is 18.2. The lowest BCUT2D eigenvalue weighted by Gasteiger charge is -2.14. The fourth-order valence-electron chi connectivity index (χ4n) is 2.69. The number of hydrogen-bond acceptors (Lipinski definition) is 2. The fraction of sp³-hybridized carbons (Fsp3) is 0.200. The summed E-state index contributed by atoms with van der Waals surface area (Å²) in [5.41, 5.74) is 3.52. The van der Waals surface area contributed by atoms with E-state index in [-0.39, 0.29) is 0 Å². The Bertz CT molecular complexity index is 841. The quantitative estimate of drug-likeness (QED) is 0.518. The van der Waals surface area contributed by atoms with Crippen LogP contribution in [0.15, 0.2) is 72.2 Å². The average Bonchev–Trinajstić information content (AvgIpc) is 3.21. The minimum Gasteiger partial charge on any atom is -0.356 e. The van der Waals surface area contributed by atoms with E-state index in [0.29, 0.717) is 6.54 Å². The lowest BCUT2D eigenvalue weighted by Crippen LogP contribution is -2.38. The third kappa shape index (κ3) is 4.86. The van der Waals surface area contributed by atoms with Crippen molar-refractivity contribution >= 4 is 17.6 Å². The van der Waals surface area contributed by atoms with Crippen molar-refractivity contribution in [2.24, 2.45) is 4.99 Å². The predicted molar refractivity (Wildman–Crippen MR) is 107 cm³/mol. The predicted octanol–water partition coefficient (Wildman–Crippen LogP) is 3.43. The van der Waals surface area contributed by atoms with Gasteiger partial charge in [-0.15, -0.1) is 0 Å². The molecule has 134 valence electrons. The van der Waals surface area contributed by atoms with Crippen molar-refractivity contribution in [3.63, 3.8) is 0 Å². The Morgan fingerprint density at radius 1 is 1.12 bits per heavy atom. The van der Waals surface area contributed by atoms with Crippen LogP contribution in [-0.2, 0) is 13.0 Å². The maximum Gasteiger partial charge on any atom is 0.191 e. The van der Waals surface area contributed by atoms with Crippen molar-refractivity contribution in [2.45, 2.75) is 13.0 Å². The number of imidazole rings is 1. The lowest BCUT2D eigenvalue weighted by atomic mass is 10.1. The number of hydrogen-bond donors (Lipinski definition) is 2. The van der Waals surface area contributed by atoms with Gasteiger partial charge in [-0.25, -0.2) is 4.98 Å². The highest BCUT2D eigenvalue weighted by atomic mass is 35.5. The zero-order valence-electron chi connectivity index (χ0n) is 14.7. The first-order valence-corrected chi connectivity index (χ1v) is 8.89. The summed E-state index contributed by atoms with van der Waals surface area (Å²) in [4.78, 5) is 8.42. The molecule has 3 aromatic rings. The molecule has 2 aromatic carbocycles. The number of guanidine groups is 1. The molecule has 5 nitrogen and oxygen atoms in total. The van der Waals surface area contributed by atoms with Gasteiger partial charge in [-0.1, -0.05) is 41.9 Å². The largest absolute Gasteiger partial charge is 0.356 e. The number of nitrogens with one attached hydrogen (secondary N) is 2. The Balaban J connectivity index is 1.54. The van der Waals surface area contributed by atoms with Gasteiger partial charge in [0, 0.05) is 37.6 Å². The van der Waals surface area contributed by atoms with Gasteiger partial charge in [0.1, 0.15) is 0 Å². The minimum atomic E-state index is 0.676. The van der Waals surface area contributed by atoms with E-state index >= 15 is 0 Å². The van der Waals surface area contributed by atoms with Crippen LogP contribution in [0.2, 0.25) is 5.02 Å². The second-order valence-corrected chi connectivity index (χ2v) is 6.26. The highest BCUT2D eigenvalue weighted by Crippen LogP contribution is 2.13. The molecule has 0 saturated carbocycles. The molecule has 1 heterocycles. The van der Waals surface area contributed by atoms with E-state index in [4.69, 9.17) is 11.6 Å². The van der Waals surface area contributed by atoms with Gasteiger partial charge >= 0.3 is 0 Å². The summed E-state index contributed by atoms with van der Waals surface area (Å²) in [5, 5.41) is 7.47. The first kappa shape index (κ1) is 18.0. The van der Waals surface area contributed by atoms with E-state index in [1.54, 1.807) is 19.6 Å². The maximum atomic E-state index is 5.92. The second kappa shape index (κ2) is 9.06. The van der Waals surface area contributed by atoms with Gasteiger partial charge in [0.05, 0.1) is 12.0 Å². The zero-order valence-corrected chi connectivity index (χ0v) is 15.4. The minimum absolute atomic E-state index is 0.676. The van der Waals surface area contributed by atoms with Gasteiger partial charge in [-0.3, -0.25) is 4.99 Å². The average molecular weight is 368 g/mol. The molecule has 0 saturated heterocycles.